The molecule has 0 aliphatic carbocycles. The molecule has 4 nitrogen and oxygen atoms in total. The first-order chi connectivity index (χ1) is 8.25. The van der Waals surface area contributed by atoms with E-state index >= 15 is 0 Å². The standard InChI is InChI=1S/C13H22N4/c1-11(2)7-14-8-12-9-15-13(16-10-12)17-5-3-4-6-17/h9-11,14H,3-8H2,1-2H3. The highest BCUT2D eigenvalue weighted by Gasteiger charge is 2.14. The van der Waals surface area contributed by atoms with Crippen LogP contribution in [0.1, 0.15) is 32.3 Å². The molecule has 1 aromatic heterocycles. The van der Waals surface area contributed by atoms with E-state index in [1.54, 1.807) is 0 Å². The summed E-state index contributed by atoms with van der Waals surface area (Å²) in [6.45, 7) is 8.52. The monoisotopic (exact) mass is 234 g/mol. The Bertz CT molecular complexity index is 328. The maximum atomic E-state index is 4.43. The molecular weight excluding hydrogens is 212 g/mol. The number of rotatable bonds is 5. The molecule has 17 heavy (non-hydrogen) atoms. The summed E-state index contributed by atoms with van der Waals surface area (Å²) in [5.41, 5.74) is 1.16. The minimum absolute atomic E-state index is 0.680. The Morgan fingerprint density at radius 2 is 1.88 bits per heavy atom. The van der Waals surface area contributed by atoms with Crippen LogP contribution in [-0.2, 0) is 6.54 Å². The molecule has 1 aromatic rings. The molecule has 0 bridgehead atoms. The third kappa shape index (κ3) is 3.66. The zero-order valence-electron chi connectivity index (χ0n) is 10.8. The second-order valence-corrected chi connectivity index (χ2v) is 5.11. The average Bonchev–Trinajstić information content (AvgIpc) is 2.83. The van der Waals surface area contributed by atoms with E-state index in [1.165, 1.54) is 12.8 Å². The van der Waals surface area contributed by atoms with Crippen LogP contribution in [0, 0.1) is 5.92 Å². The Balaban J connectivity index is 1.84. The van der Waals surface area contributed by atoms with Gasteiger partial charge in [-0.2, -0.15) is 0 Å². The van der Waals surface area contributed by atoms with Crippen LogP contribution in [0.2, 0.25) is 0 Å². The first kappa shape index (κ1) is 12.3. The zero-order valence-corrected chi connectivity index (χ0v) is 10.8. The zero-order chi connectivity index (χ0) is 12.1. The van der Waals surface area contributed by atoms with E-state index < -0.39 is 0 Å². The van der Waals surface area contributed by atoms with Crippen molar-refractivity contribution in [1.29, 1.82) is 0 Å². The first-order valence-electron chi connectivity index (χ1n) is 6.52. The second kappa shape index (κ2) is 5.96. The highest BCUT2D eigenvalue weighted by molar-refractivity contribution is 5.30. The number of anilines is 1. The maximum Gasteiger partial charge on any atom is 0.225 e. The lowest BCUT2D eigenvalue weighted by Crippen LogP contribution is -2.21. The minimum atomic E-state index is 0.680. The summed E-state index contributed by atoms with van der Waals surface area (Å²) in [6.07, 6.45) is 6.41. The van der Waals surface area contributed by atoms with Crippen molar-refractivity contribution in [1.82, 2.24) is 15.3 Å². The van der Waals surface area contributed by atoms with Crippen molar-refractivity contribution in [3.8, 4) is 0 Å². The lowest BCUT2D eigenvalue weighted by molar-refractivity contribution is 0.551. The topological polar surface area (TPSA) is 41.1 Å². The van der Waals surface area contributed by atoms with Crippen LogP contribution in [0.15, 0.2) is 12.4 Å². The van der Waals surface area contributed by atoms with Crippen molar-refractivity contribution >= 4 is 5.95 Å². The average molecular weight is 234 g/mol. The molecule has 94 valence electrons. The van der Waals surface area contributed by atoms with Crippen molar-refractivity contribution < 1.29 is 0 Å². The number of aromatic nitrogens is 2. The highest BCUT2D eigenvalue weighted by atomic mass is 15.3. The van der Waals surface area contributed by atoms with Gasteiger partial charge in [0, 0.05) is 37.6 Å². The molecule has 2 rings (SSSR count). The van der Waals surface area contributed by atoms with Gasteiger partial charge in [-0.05, 0) is 25.3 Å². The van der Waals surface area contributed by atoms with Crippen LogP contribution in [0.3, 0.4) is 0 Å². The largest absolute Gasteiger partial charge is 0.341 e. The fraction of sp³-hybridized carbons (Fsp3) is 0.692. The van der Waals surface area contributed by atoms with Gasteiger partial charge in [-0.15, -0.1) is 0 Å². The summed E-state index contributed by atoms with van der Waals surface area (Å²) in [6, 6.07) is 0. The fourth-order valence-corrected chi connectivity index (χ4v) is 2.02. The van der Waals surface area contributed by atoms with Gasteiger partial charge in [0.25, 0.3) is 0 Å². The predicted octanol–water partition coefficient (Wildman–Crippen LogP) is 1.82. The Morgan fingerprint density at radius 3 is 2.47 bits per heavy atom. The summed E-state index contributed by atoms with van der Waals surface area (Å²) in [5, 5.41) is 3.40. The molecular formula is C13H22N4. The van der Waals surface area contributed by atoms with Gasteiger partial charge in [-0.25, -0.2) is 9.97 Å². The summed E-state index contributed by atoms with van der Waals surface area (Å²) in [4.78, 5) is 11.1. The first-order valence-corrected chi connectivity index (χ1v) is 6.52. The van der Waals surface area contributed by atoms with Gasteiger partial charge in [-0.3, -0.25) is 0 Å². The number of nitrogens with one attached hydrogen (secondary N) is 1. The summed E-state index contributed by atoms with van der Waals surface area (Å²) in [7, 11) is 0. The van der Waals surface area contributed by atoms with E-state index in [0.29, 0.717) is 5.92 Å². The molecule has 0 radical (unpaired) electrons. The smallest absolute Gasteiger partial charge is 0.225 e. The predicted molar refractivity (Wildman–Crippen MR) is 70.0 cm³/mol. The van der Waals surface area contributed by atoms with E-state index in [0.717, 1.165) is 37.7 Å². The molecule has 1 aliphatic rings. The van der Waals surface area contributed by atoms with Crippen LogP contribution in [-0.4, -0.2) is 29.6 Å². The highest BCUT2D eigenvalue weighted by Crippen LogP contribution is 2.14. The van der Waals surface area contributed by atoms with Crippen LogP contribution < -0.4 is 10.2 Å². The Kier molecular flexibility index (Phi) is 4.31. The third-order valence-electron chi connectivity index (χ3n) is 2.96. The number of hydrogen-bond acceptors (Lipinski definition) is 4. The summed E-state index contributed by atoms with van der Waals surface area (Å²) < 4.78 is 0. The van der Waals surface area contributed by atoms with Crippen LogP contribution in [0.4, 0.5) is 5.95 Å². The van der Waals surface area contributed by atoms with Crippen LogP contribution in [0.5, 0.6) is 0 Å². The second-order valence-electron chi connectivity index (χ2n) is 5.11. The SMILES string of the molecule is CC(C)CNCc1cnc(N2CCCC2)nc1. The number of hydrogen-bond donors (Lipinski definition) is 1. The summed E-state index contributed by atoms with van der Waals surface area (Å²) in [5.74, 6) is 1.56. The molecule has 0 aromatic carbocycles. The molecule has 1 fully saturated rings. The molecule has 1 aliphatic heterocycles. The molecule has 2 heterocycles. The molecule has 0 saturated carbocycles. The van der Waals surface area contributed by atoms with Gasteiger partial charge in [0.2, 0.25) is 5.95 Å². The quantitative estimate of drug-likeness (QED) is 0.844. The fourth-order valence-electron chi connectivity index (χ4n) is 2.02. The van der Waals surface area contributed by atoms with E-state index in [9.17, 15) is 0 Å². The Hall–Kier alpha value is -1.16. The lowest BCUT2D eigenvalue weighted by Gasteiger charge is -2.14. The van der Waals surface area contributed by atoms with Gasteiger partial charge < -0.3 is 10.2 Å². The Labute approximate surface area is 103 Å². The van der Waals surface area contributed by atoms with Gasteiger partial charge in [0.1, 0.15) is 0 Å². The molecule has 0 atom stereocenters. The molecule has 0 spiro atoms. The van der Waals surface area contributed by atoms with Gasteiger partial charge in [0.05, 0.1) is 0 Å². The van der Waals surface area contributed by atoms with Gasteiger partial charge >= 0.3 is 0 Å². The normalized spacial score (nSPS) is 15.8. The molecule has 4 heteroatoms. The molecule has 0 unspecified atom stereocenters. The van der Waals surface area contributed by atoms with E-state index in [-0.39, 0.29) is 0 Å². The maximum absolute atomic E-state index is 4.43. The Morgan fingerprint density at radius 1 is 1.24 bits per heavy atom. The van der Waals surface area contributed by atoms with E-state index in [4.69, 9.17) is 0 Å². The molecule has 0 amide bonds. The van der Waals surface area contributed by atoms with E-state index in [1.807, 2.05) is 12.4 Å². The van der Waals surface area contributed by atoms with Crippen molar-refractivity contribution in [2.75, 3.05) is 24.5 Å². The molecule has 1 N–H and O–H groups in total. The van der Waals surface area contributed by atoms with Gasteiger partial charge in [-0.1, -0.05) is 13.8 Å². The van der Waals surface area contributed by atoms with Crippen molar-refractivity contribution in [3.05, 3.63) is 18.0 Å². The van der Waals surface area contributed by atoms with Crippen LogP contribution in [0.25, 0.3) is 0 Å². The van der Waals surface area contributed by atoms with Crippen molar-refractivity contribution in [2.24, 2.45) is 5.92 Å². The van der Waals surface area contributed by atoms with Crippen molar-refractivity contribution in [3.63, 3.8) is 0 Å². The van der Waals surface area contributed by atoms with E-state index in [2.05, 4.69) is 34.0 Å². The van der Waals surface area contributed by atoms with Gasteiger partial charge in [0.15, 0.2) is 0 Å². The van der Waals surface area contributed by atoms with Crippen molar-refractivity contribution in [2.45, 2.75) is 33.2 Å². The lowest BCUT2D eigenvalue weighted by atomic mass is 10.2. The third-order valence-corrected chi connectivity index (χ3v) is 2.96. The van der Waals surface area contributed by atoms with Crippen LogP contribution >= 0.6 is 0 Å². The molecule has 1 saturated heterocycles. The minimum Gasteiger partial charge on any atom is -0.341 e. The number of nitrogens with zero attached hydrogens (tertiary/aromatic N) is 3. The summed E-state index contributed by atoms with van der Waals surface area (Å²) >= 11 is 0.